The molecule has 0 fully saturated rings. The lowest BCUT2D eigenvalue weighted by Crippen LogP contribution is -2.04. The standard InChI is InChI=1S/C14H8F3N3O/c15-14(16,17)11-5-1-3-9(7-11)13-19-12(20-21-13)10-4-2-6-18-8-10/h1-8H. The van der Waals surface area contributed by atoms with E-state index in [-0.39, 0.29) is 17.3 Å². The average Bonchev–Trinajstić information content (AvgIpc) is 2.97. The molecule has 3 rings (SSSR count). The van der Waals surface area contributed by atoms with E-state index in [2.05, 4.69) is 15.1 Å². The van der Waals surface area contributed by atoms with Crippen molar-refractivity contribution >= 4 is 0 Å². The number of alkyl halides is 3. The van der Waals surface area contributed by atoms with Crippen molar-refractivity contribution in [2.75, 3.05) is 0 Å². The first-order valence-electron chi connectivity index (χ1n) is 5.96. The largest absolute Gasteiger partial charge is 0.416 e. The summed E-state index contributed by atoms with van der Waals surface area (Å²) in [6.45, 7) is 0. The topological polar surface area (TPSA) is 51.8 Å². The van der Waals surface area contributed by atoms with E-state index >= 15 is 0 Å². The molecule has 2 heterocycles. The van der Waals surface area contributed by atoms with E-state index in [1.54, 1.807) is 24.5 Å². The normalized spacial score (nSPS) is 11.6. The van der Waals surface area contributed by atoms with Crippen LogP contribution in [0.5, 0.6) is 0 Å². The van der Waals surface area contributed by atoms with Gasteiger partial charge < -0.3 is 4.52 Å². The summed E-state index contributed by atoms with van der Waals surface area (Å²) in [5.74, 6) is 0.301. The van der Waals surface area contributed by atoms with Crippen molar-refractivity contribution in [3.8, 4) is 22.8 Å². The fraction of sp³-hybridized carbons (Fsp3) is 0.0714. The number of hydrogen-bond donors (Lipinski definition) is 0. The molecule has 2 aromatic heterocycles. The van der Waals surface area contributed by atoms with E-state index < -0.39 is 11.7 Å². The van der Waals surface area contributed by atoms with Crippen LogP contribution < -0.4 is 0 Å². The number of benzene rings is 1. The zero-order valence-corrected chi connectivity index (χ0v) is 10.5. The van der Waals surface area contributed by atoms with E-state index in [1.165, 1.54) is 12.1 Å². The molecule has 0 aliphatic heterocycles. The first kappa shape index (κ1) is 13.3. The van der Waals surface area contributed by atoms with Crippen molar-refractivity contribution < 1.29 is 17.7 Å². The lowest BCUT2D eigenvalue weighted by molar-refractivity contribution is -0.137. The lowest BCUT2D eigenvalue weighted by atomic mass is 10.1. The highest BCUT2D eigenvalue weighted by atomic mass is 19.4. The van der Waals surface area contributed by atoms with Gasteiger partial charge in [-0.05, 0) is 30.3 Å². The minimum absolute atomic E-state index is 0.0277. The zero-order valence-electron chi connectivity index (χ0n) is 10.5. The summed E-state index contributed by atoms with van der Waals surface area (Å²) in [5, 5.41) is 3.75. The highest BCUT2D eigenvalue weighted by molar-refractivity contribution is 5.59. The maximum absolute atomic E-state index is 12.7. The Hall–Kier alpha value is -2.70. The van der Waals surface area contributed by atoms with Crippen LogP contribution in [0.2, 0.25) is 0 Å². The van der Waals surface area contributed by atoms with E-state index in [0.717, 1.165) is 12.1 Å². The van der Waals surface area contributed by atoms with Gasteiger partial charge in [0, 0.05) is 23.5 Å². The van der Waals surface area contributed by atoms with Gasteiger partial charge in [-0.1, -0.05) is 11.2 Å². The predicted octanol–water partition coefficient (Wildman–Crippen LogP) is 3.82. The second-order valence-electron chi connectivity index (χ2n) is 4.24. The minimum Gasteiger partial charge on any atom is -0.334 e. The van der Waals surface area contributed by atoms with Crippen LogP contribution >= 0.6 is 0 Å². The Morgan fingerprint density at radius 2 is 1.81 bits per heavy atom. The Balaban J connectivity index is 1.97. The third kappa shape index (κ3) is 2.76. The summed E-state index contributed by atoms with van der Waals surface area (Å²) in [4.78, 5) is 8.01. The second kappa shape index (κ2) is 5.01. The molecule has 21 heavy (non-hydrogen) atoms. The fourth-order valence-corrected chi connectivity index (χ4v) is 1.78. The number of rotatable bonds is 2. The summed E-state index contributed by atoms with van der Waals surface area (Å²) in [5.41, 5.74) is 0.0769. The Morgan fingerprint density at radius 3 is 2.52 bits per heavy atom. The molecule has 7 heteroatoms. The van der Waals surface area contributed by atoms with Crippen molar-refractivity contribution in [3.63, 3.8) is 0 Å². The van der Waals surface area contributed by atoms with Gasteiger partial charge in [0.05, 0.1) is 5.56 Å². The van der Waals surface area contributed by atoms with Gasteiger partial charge in [0.25, 0.3) is 5.89 Å². The highest BCUT2D eigenvalue weighted by Gasteiger charge is 2.30. The van der Waals surface area contributed by atoms with Crippen LogP contribution in [0.25, 0.3) is 22.8 Å². The van der Waals surface area contributed by atoms with Crippen molar-refractivity contribution in [1.82, 2.24) is 15.1 Å². The molecule has 0 spiro atoms. The molecule has 0 aliphatic carbocycles. The molecular formula is C14H8F3N3O. The molecule has 1 aromatic carbocycles. The maximum Gasteiger partial charge on any atom is 0.416 e. The van der Waals surface area contributed by atoms with Crippen molar-refractivity contribution in [3.05, 3.63) is 54.4 Å². The Bertz CT molecular complexity index is 753. The van der Waals surface area contributed by atoms with Gasteiger partial charge in [0.1, 0.15) is 0 Å². The monoisotopic (exact) mass is 291 g/mol. The number of hydrogen-bond acceptors (Lipinski definition) is 4. The molecule has 0 saturated heterocycles. The summed E-state index contributed by atoms with van der Waals surface area (Å²) < 4.78 is 43.1. The van der Waals surface area contributed by atoms with Gasteiger partial charge >= 0.3 is 6.18 Å². The molecule has 3 aromatic rings. The Labute approximate surface area is 117 Å². The zero-order chi connectivity index (χ0) is 14.9. The molecule has 0 amide bonds. The van der Waals surface area contributed by atoms with Crippen LogP contribution in [-0.4, -0.2) is 15.1 Å². The first-order chi connectivity index (χ1) is 10.0. The van der Waals surface area contributed by atoms with Crippen LogP contribution in [0.15, 0.2) is 53.3 Å². The molecule has 0 N–H and O–H groups in total. The maximum atomic E-state index is 12.7. The molecule has 4 nitrogen and oxygen atoms in total. The van der Waals surface area contributed by atoms with Crippen molar-refractivity contribution in [1.29, 1.82) is 0 Å². The SMILES string of the molecule is FC(F)(F)c1cccc(-c2nc(-c3cccnc3)no2)c1. The van der Waals surface area contributed by atoms with Gasteiger partial charge in [0.15, 0.2) is 0 Å². The van der Waals surface area contributed by atoms with E-state index in [4.69, 9.17) is 4.52 Å². The molecule has 0 saturated carbocycles. The summed E-state index contributed by atoms with van der Waals surface area (Å²) in [6, 6.07) is 8.17. The third-order valence-corrected chi connectivity index (χ3v) is 2.78. The quantitative estimate of drug-likeness (QED) is 0.720. The number of aromatic nitrogens is 3. The lowest BCUT2D eigenvalue weighted by Gasteiger charge is -2.06. The highest BCUT2D eigenvalue weighted by Crippen LogP contribution is 2.32. The molecule has 0 bridgehead atoms. The first-order valence-corrected chi connectivity index (χ1v) is 5.96. The second-order valence-corrected chi connectivity index (χ2v) is 4.24. The van der Waals surface area contributed by atoms with Crippen LogP contribution in [-0.2, 0) is 6.18 Å². The van der Waals surface area contributed by atoms with Gasteiger partial charge in [-0.15, -0.1) is 0 Å². The van der Waals surface area contributed by atoms with E-state index in [9.17, 15) is 13.2 Å². The smallest absolute Gasteiger partial charge is 0.334 e. The fourth-order valence-electron chi connectivity index (χ4n) is 1.78. The van der Waals surface area contributed by atoms with Gasteiger partial charge in [-0.3, -0.25) is 4.98 Å². The molecule has 106 valence electrons. The molecule has 0 unspecified atom stereocenters. The van der Waals surface area contributed by atoms with Crippen LogP contribution in [0, 0.1) is 0 Å². The van der Waals surface area contributed by atoms with Gasteiger partial charge in [0.2, 0.25) is 5.82 Å². The van der Waals surface area contributed by atoms with E-state index in [0.29, 0.717) is 5.56 Å². The summed E-state index contributed by atoms with van der Waals surface area (Å²) >= 11 is 0. The Kier molecular flexibility index (Phi) is 3.17. The van der Waals surface area contributed by atoms with Crippen LogP contribution in [0.1, 0.15) is 5.56 Å². The van der Waals surface area contributed by atoms with E-state index in [1.807, 2.05) is 0 Å². The third-order valence-electron chi connectivity index (χ3n) is 2.78. The molecule has 0 radical (unpaired) electrons. The van der Waals surface area contributed by atoms with Gasteiger partial charge in [-0.25, -0.2) is 0 Å². The van der Waals surface area contributed by atoms with Crippen LogP contribution in [0.4, 0.5) is 13.2 Å². The van der Waals surface area contributed by atoms with Crippen LogP contribution in [0.3, 0.4) is 0 Å². The summed E-state index contributed by atoms with van der Waals surface area (Å²) in [7, 11) is 0. The van der Waals surface area contributed by atoms with Crippen molar-refractivity contribution in [2.24, 2.45) is 0 Å². The Morgan fingerprint density at radius 1 is 1.00 bits per heavy atom. The molecule has 0 atom stereocenters. The summed E-state index contributed by atoms with van der Waals surface area (Å²) in [6.07, 6.45) is -1.28. The van der Waals surface area contributed by atoms with Crippen molar-refractivity contribution in [2.45, 2.75) is 6.18 Å². The number of pyridine rings is 1. The molecular weight excluding hydrogens is 283 g/mol. The minimum atomic E-state index is -4.41. The predicted molar refractivity (Wildman–Crippen MR) is 68.0 cm³/mol. The number of nitrogens with zero attached hydrogens (tertiary/aromatic N) is 3. The number of halogens is 3. The van der Waals surface area contributed by atoms with Gasteiger partial charge in [-0.2, -0.15) is 18.2 Å². The average molecular weight is 291 g/mol. The molecule has 0 aliphatic rings.